The lowest BCUT2D eigenvalue weighted by atomic mass is 9.98. The van der Waals surface area contributed by atoms with Crippen LogP contribution in [0.3, 0.4) is 0 Å². The first-order valence-electron chi connectivity index (χ1n) is 6.79. The van der Waals surface area contributed by atoms with Crippen molar-refractivity contribution in [3.05, 3.63) is 28.5 Å². The van der Waals surface area contributed by atoms with Gasteiger partial charge in [0.25, 0.3) is 6.43 Å². The second-order valence-corrected chi connectivity index (χ2v) is 6.82. The van der Waals surface area contributed by atoms with Crippen LogP contribution in [0.2, 0.25) is 0 Å². The van der Waals surface area contributed by atoms with Crippen LogP contribution in [0, 0.1) is 0 Å². The molecule has 0 aliphatic heterocycles. The number of aromatic nitrogens is 3. The van der Waals surface area contributed by atoms with E-state index in [-0.39, 0.29) is 17.7 Å². The zero-order valence-corrected chi connectivity index (χ0v) is 13.5. The van der Waals surface area contributed by atoms with Crippen LogP contribution in [0.1, 0.15) is 31.5 Å². The van der Waals surface area contributed by atoms with Crippen LogP contribution in [0.15, 0.2) is 17.8 Å². The zero-order chi connectivity index (χ0) is 16.3. The molecule has 5 nitrogen and oxygen atoms in total. The van der Waals surface area contributed by atoms with Gasteiger partial charge in [0.15, 0.2) is 0 Å². The van der Waals surface area contributed by atoms with E-state index in [0.29, 0.717) is 11.4 Å². The number of hydrogen-bond donors (Lipinski definition) is 1. The maximum absolute atomic E-state index is 12.2. The van der Waals surface area contributed by atoms with Gasteiger partial charge in [-0.1, -0.05) is 20.8 Å². The van der Waals surface area contributed by atoms with E-state index < -0.39 is 13.0 Å². The largest absolute Gasteiger partial charge is 0.323 e. The number of hydrogen-bond acceptors (Lipinski definition) is 4. The summed E-state index contributed by atoms with van der Waals surface area (Å²) in [5.74, 6) is -0.248. The molecular weight excluding hydrogens is 310 g/mol. The lowest BCUT2D eigenvalue weighted by Crippen LogP contribution is -2.15. The van der Waals surface area contributed by atoms with Crippen LogP contribution in [-0.2, 0) is 23.2 Å². The van der Waals surface area contributed by atoms with Gasteiger partial charge in [-0.05, 0) is 0 Å². The summed E-state index contributed by atoms with van der Waals surface area (Å²) >= 11 is 1.52. The van der Waals surface area contributed by atoms with E-state index in [2.05, 4.69) is 36.2 Å². The Morgan fingerprint density at radius 1 is 1.45 bits per heavy atom. The summed E-state index contributed by atoms with van der Waals surface area (Å²) in [6.07, 6.45) is 0.398. The number of thiazole rings is 1. The molecule has 0 bridgehead atoms. The molecule has 120 valence electrons. The van der Waals surface area contributed by atoms with Crippen LogP contribution in [0.5, 0.6) is 0 Å². The molecule has 0 radical (unpaired) electrons. The topological polar surface area (TPSA) is 59.8 Å². The first-order chi connectivity index (χ1) is 10.2. The molecule has 2 heterocycles. The SMILES string of the molecule is CC(C)(C)c1nc(CC(=O)Nc2cnn(CC(F)F)c2)cs1. The van der Waals surface area contributed by atoms with Crippen molar-refractivity contribution < 1.29 is 13.6 Å². The van der Waals surface area contributed by atoms with Gasteiger partial charge in [-0.15, -0.1) is 11.3 Å². The Bertz CT molecular complexity index is 645. The van der Waals surface area contributed by atoms with E-state index in [9.17, 15) is 13.6 Å². The number of carbonyl (C=O) groups excluding carboxylic acids is 1. The third-order valence-electron chi connectivity index (χ3n) is 2.78. The summed E-state index contributed by atoms with van der Waals surface area (Å²) in [6.45, 7) is 5.70. The second kappa shape index (κ2) is 6.51. The standard InChI is InChI=1S/C14H18F2N4OS/c1-14(2,3)13-19-9(8-22-13)4-12(21)18-10-5-17-20(6-10)7-11(15)16/h5-6,8,11H,4,7H2,1-3H3,(H,18,21). The van der Waals surface area contributed by atoms with Crippen molar-refractivity contribution in [1.82, 2.24) is 14.8 Å². The summed E-state index contributed by atoms with van der Waals surface area (Å²) in [7, 11) is 0. The number of halogens is 2. The third-order valence-corrected chi connectivity index (χ3v) is 4.09. The van der Waals surface area contributed by atoms with Crippen molar-refractivity contribution in [3.8, 4) is 0 Å². The van der Waals surface area contributed by atoms with Gasteiger partial charge >= 0.3 is 0 Å². The van der Waals surface area contributed by atoms with Crippen molar-refractivity contribution in [2.75, 3.05) is 5.32 Å². The number of nitrogens with zero attached hydrogens (tertiary/aromatic N) is 3. The molecule has 0 saturated heterocycles. The number of nitrogens with one attached hydrogen (secondary N) is 1. The predicted molar refractivity (Wildman–Crippen MR) is 81.4 cm³/mol. The molecule has 8 heteroatoms. The molecule has 2 aromatic rings. The van der Waals surface area contributed by atoms with E-state index in [1.807, 2.05) is 5.38 Å². The molecule has 2 rings (SSSR count). The molecule has 1 N–H and O–H groups in total. The Morgan fingerprint density at radius 3 is 2.77 bits per heavy atom. The fraction of sp³-hybridized carbons (Fsp3) is 0.500. The number of rotatable bonds is 5. The van der Waals surface area contributed by atoms with Gasteiger partial charge in [-0.25, -0.2) is 13.8 Å². The number of alkyl halides is 2. The molecule has 0 aliphatic rings. The number of amides is 1. The smallest absolute Gasteiger partial charge is 0.257 e. The lowest BCUT2D eigenvalue weighted by molar-refractivity contribution is -0.115. The van der Waals surface area contributed by atoms with E-state index >= 15 is 0 Å². The maximum atomic E-state index is 12.2. The lowest BCUT2D eigenvalue weighted by Gasteiger charge is -2.13. The highest BCUT2D eigenvalue weighted by molar-refractivity contribution is 7.09. The van der Waals surface area contributed by atoms with Gasteiger partial charge in [-0.2, -0.15) is 5.10 Å². The summed E-state index contributed by atoms with van der Waals surface area (Å²) in [4.78, 5) is 16.4. The Balaban J connectivity index is 1.93. The highest BCUT2D eigenvalue weighted by Gasteiger charge is 2.19. The predicted octanol–water partition coefficient (Wildman–Crippen LogP) is 3.08. The van der Waals surface area contributed by atoms with Gasteiger partial charge < -0.3 is 5.32 Å². The quantitative estimate of drug-likeness (QED) is 0.917. The van der Waals surface area contributed by atoms with E-state index in [1.54, 1.807) is 0 Å². The van der Waals surface area contributed by atoms with Gasteiger partial charge in [0.05, 0.1) is 29.0 Å². The van der Waals surface area contributed by atoms with Crippen molar-refractivity contribution >= 4 is 22.9 Å². The Labute approximate surface area is 131 Å². The van der Waals surface area contributed by atoms with Crippen LogP contribution < -0.4 is 5.32 Å². The van der Waals surface area contributed by atoms with E-state index in [1.165, 1.54) is 23.7 Å². The maximum Gasteiger partial charge on any atom is 0.257 e. The highest BCUT2D eigenvalue weighted by Crippen LogP contribution is 2.25. The fourth-order valence-electron chi connectivity index (χ4n) is 1.77. The van der Waals surface area contributed by atoms with Crippen LogP contribution >= 0.6 is 11.3 Å². The van der Waals surface area contributed by atoms with Gasteiger partial charge in [0.1, 0.15) is 6.54 Å². The Hall–Kier alpha value is -1.83. The van der Waals surface area contributed by atoms with Crippen molar-refractivity contribution in [2.24, 2.45) is 0 Å². The van der Waals surface area contributed by atoms with Gasteiger partial charge in [-0.3, -0.25) is 9.48 Å². The van der Waals surface area contributed by atoms with Gasteiger partial charge in [0, 0.05) is 17.0 Å². The second-order valence-electron chi connectivity index (χ2n) is 5.96. The molecule has 22 heavy (non-hydrogen) atoms. The van der Waals surface area contributed by atoms with E-state index in [0.717, 1.165) is 9.69 Å². The first-order valence-corrected chi connectivity index (χ1v) is 7.67. The van der Waals surface area contributed by atoms with Crippen LogP contribution in [0.4, 0.5) is 14.5 Å². The molecule has 2 aromatic heterocycles. The molecule has 0 fully saturated rings. The summed E-state index contributed by atoms with van der Waals surface area (Å²) in [5, 5.41) is 9.22. The van der Waals surface area contributed by atoms with Crippen LogP contribution in [-0.4, -0.2) is 27.1 Å². The third kappa shape index (κ3) is 4.59. The molecular formula is C14H18F2N4OS. The highest BCUT2D eigenvalue weighted by atomic mass is 32.1. The zero-order valence-electron chi connectivity index (χ0n) is 12.6. The summed E-state index contributed by atoms with van der Waals surface area (Å²) < 4.78 is 25.5. The minimum Gasteiger partial charge on any atom is -0.323 e. The monoisotopic (exact) mass is 328 g/mol. The molecule has 0 aromatic carbocycles. The van der Waals surface area contributed by atoms with Crippen LogP contribution in [0.25, 0.3) is 0 Å². The normalized spacial score (nSPS) is 11.9. The average molecular weight is 328 g/mol. The minimum absolute atomic E-state index is 0.0458. The molecule has 1 amide bonds. The summed E-state index contributed by atoms with van der Waals surface area (Å²) in [5.41, 5.74) is 1.06. The Kier molecular flexibility index (Phi) is 4.90. The molecule has 0 spiro atoms. The fourth-order valence-corrected chi connectivity index (χ4v) is 2.68. The van der Waals surface area contributed by atoms with Crippen molar-refractivity contribution in [3.63, 3.8) is 0 Å². The molecule has 0 aliphatic carbocycles. The van der Waals surface area contributed by atoms with Gasteiger partial charge in [0.2, 0.25) is 5.91 Å². The Morgan fingerprint density at radius 2 is 2.18 bits per heavy atom. The van der Waals surface area contributed by atoms with Crippen molar-refractivity contribution in [2.45, 2.75) is 45.6 Å². The first kappa shape index (κ1) is 16.5. The molecule has 0 unspecified atom stereocenters. The number of carbonyl (C=O) groups is 1. The average Bonchev–Trinajstić information content (AvgIpc) is 2.97. The summed E-state index contributed by atoms with van der Waals surface area (Å²) in [6, 6.07) is 0. The molecule has 0 atom stereocenters. The van der Waals surface area contributed by atoms with E-state index in [4.69, 9.17) is 0 Å². The molecule has 0 saturated carbocycles. The van der Waals surface area contributed by atoms with Crippen molar-refractivity contribution in [1.29, 1.82) is 0 Å². The number of anilines is 1. The minimum atomic E-state index is -2.48.